The van der Waals surface area contributed by atoms with E-state index in [4.69, 9.17) is 5.11 Å². The van der Waals surface area contributed by atoms with E-state index in [0.29, 0.717) is 12.1 Å². The molecule has 0 aliphatic rings. The van der Waals surface area contributed by atoms with Crippen molar-refractivity contribution in [3.8, 4) is 0 Å². The third-order valence-electron chi connectivity index (χ3n) is 3.26. The Balaban J connectivity index is 2.29. The van der Waals surface area contributed by atoms with Crippen LogP contribution >= 0.6 is 0 Å². The summed E-state index contributed by atoms with van der Waals surface area (Å²) in [4.78, 5) is 25.2. The van der Waals surface area contributed by atoms with E-state index in [1.807, 2.05) is 13.0 Å². The summed E-state index contributed by atoms with van der Waals surface area (Å²) in [5.74, 6) is -0.0812. The van der Waals surface area contributed by atoms with Gasteiger partial charge in [-0.1, -0.05) is 25.1 Å². The molecule has 0 aromatic heterocycles. The average Bonchev–Trinajstić information content (AvgIpc) is 2.51. The highest BCUT2D eigenvalue weighted by molar-refractivity contribution is 5.96. The van der Waals surface area contributed by atoms with Gasteiger partial charge in [0.2, 0.25) is 5.91 Å². The van der Waals surface area contributed by atoms with Gasteiger partial charge < -0.3 is 15.3 Å². The van der Waals surface area contributed by atoms with Crippen LogP contribution in [0.1, 0.15) is 30.1 Å². The molecule has 1 unspecified atom stereocenters. The minimum atomic E-state index is -0.168. The van der Waals surface area contributed by atoms with Crippen molar-refractivity contribution < 1.29 is 14.7 Å². The van der Waals surface area contributed by atoms with E-state index in [0.717, 1.165) is 12.8 Å². The number of aliphatic hydroxyl groups excluding tert-OH is 1. The average molecular weight is 292 g/mol. The van der Waals surface area contributed by atoms with Gasteiger partial charge in [-0.2, -0.15) is 0 Å². The fraction of sp³-hybridized carbons (Fsp3) is 0.500. The number of nitrogens with one attached hydrogen (secondary N) is 1. The first-order valence-electron chi connectivity index (χ1n) is 7.22. The molecular weight excluding hydrogens is 268 g/mol. The zero-order valence-corrected chi connectivity index (χ0v) is 12.7. The third kappa shape index (κ3) is 6.40. The predicted octanol–water partition coefficient (Wildman–Crippen LogP) is 1.28. The second kappa shape index (κ2) is 9.13. The first kappa shape index (κ1) is 17.2. The summed E-state index contributed by atoms with van der Waals surface area (Å²) < 4.78 is 0. The summed E-state index contributed by atoms with van der Waals surface area (Å²) in [6.07, 6.45) is 1.69. The van der Waals surface area contributed by atoms with Crippen molar-refractivity contribution in [1.82, 2.24) is 10.2 Å². The minimum Gasteiger partial charge on any atom is -0.396 e. The highest BCUT2D eigenvalue weighted by atomic mass is 16.3. The SMILES string of the molecule is CC(CO)CCCNC(=O)CN(C)C(=O)c1ccccc1. The summed E-state index contributed by atoms with van der Waals surface area (Å²) in [5.41, 5.74) is 0.574. The number of hydrogen-bond donors (Lipinski definition) is 2. The van der Waals surface area contributed by atoms with Gasteiger partial charge in [0.25, 0.3) is 5.91 Å². The van der Waals surface area contributed by atoms with Crippen LogP contribution in [0.5, 0.6) is 0 Å². The predicted molar refractivity (Wildman–Crippen MR) is 81.9 cm³/mol. The topological polar surface area (TPSA) is 69.6 Å². The molecule has 21 heavy (non-hydrogen) atoms. The van der Waals surface area contributed by atoms with Crippen LogP contribution in [0.4, 0.5) is 0 Å². The van der Waals surface area contributed by atoms with Gasteiger partial charge in [-0.05, 0) is 30.9 Å². The van der Waals surface area contributed by atoms with Gasteiger partial charge in [0.15, 0.2) is 0 Å². The van der Waals surface area contributed by atoms with Gasteiger partial charge in [-0.15, -0.1) is 0 Å². The summed E-state index contributed by atoms with van der Waals surface area (Å²) in [6.45, 7) is 2.75. The lowest BCUT2D eigenvalue weighted by Gasteiger charge is -2.17. The normalized spacial score (nSPS) is 11.8. The number of nitrogens with zero attached hydrogens (tertiary/aromatic N) is 1. The molecule has 0 saturated heterocycles. The summed E-state index contributed by atoms with van der Waals surface area (Å²) in [6, 6.07) is 8.89. The van der Waals surface area contributed by atoms with Gasteiger partial charge in [-0.3, -0.25) is 9.59 Å². The number of amides is 2. The molecular formula is C16H24N2O3. The largest absolute Gasteiger partial charge is 0.396 e. The molecule has 5 nitrogen and oxygen atoms in total. The highest BCUT2D eigenvalue weighted by Gasteiger charge is 2.14. The van der Waals surface area contributed by atoms with Crippen LogP contribution in [0.15, 0.2) is 30.3 Å². The number of aliphatic hydroxyl groups is 1. The second-order valence-corrected chi connectivity index (χ2v) is 5.31. The Labute approximate surface area is 126 Å². The number of benzene rings is 1. The van der Waals surface area contributed by atoms with Crippen molar-refractivity contribution in [3.63, 3.8) is 0 Å². The lowest BCUT2D eigenvalue weighted by atomic mass is 10.1. The Bertz CT molecular complexity index is 448. The highest BCUT2D eigenvalue weighted by Crippen LogP contribution is 2.04. The molecule has 0 spiro atoms. The lowest BCUT2D eigenvalue weighted by molar-refractivity contribution is -0.121. The van der Waals surface area contributed by atoms with E-state index in [1.165, 1.54) is 4.90 Å². The monoisotopic (exact) mass is 292 g/mol. The van der Waals surface area contributed by atoms with E-state index in [1.54, 1.807) is 31.3 Å². The molecule has 0 fully saturated rings. The fourth-order valence-corrected chi connectivity index (χ4v) is 1.91. The number of hydrogen-bond acceptors (Lipinski definition) is 3. The van der Waals surface area contributed by atoms with Crippen LogP contribution < -0.4 is 5.32 Å². The molecule has 1 atom stereocenters. The van der Waals surface area contributed by atoms with E-state index >= 15 is 0 Å². The van der Waals surface area contributed by atoms with Crippen LogP contribution in [0.2, 0.25) is 0 Å². The van der Waals surface area contributed by atoms with Crippen LogP contribution in [0, 0.1) is 5.92 Å². The molecule has 116 valence electrons. The quantitative estimate of drug-likeness (QED) is 0.709. The molecule has 0 radical (unpaired) electrons. The van der Waals surface area contributed by atoms with Crippen LogP contribution in [-0.4, -0.2) is 48.6 Å². The molecule has 1 aromatic carbocycles. The molecule has 0 heterocycles. The molecule has 2 N–H and O–H groups in total. The van der Waals surface area contributed by atoms with Crippen molar-refractivity contribution >= 4 is 11.8 Å². The molecule has 0 saturated carbocycles. The third-order valence-corrected chi connectivity index (χ3v) is 3.26. The molecule has 0 aliphatic carbocycles. The van der Waals surface area contributed by atoms with Crippen molar-refractivity contribution in [2.45, 2.75) is 19.8 Å². The molecule has 1 aromatic rings. The Hall–Kier alpha value is -1.88. The number of carbonyl (C=O) groups is 2. The zero-order valence-electron chi connectivity index (χ0n) is 12.7. The minimum absolute atomic E-state index is 0.0449. The Kier molecular flexibility index (Phi) is 7.46. The summed E-state index contributed by atoms with van der Waals surface area (Å²) >= 11 is 0. The maximum atomic E-state index is 12.1. The molecule has 0 bridgehead atoms. The van der Waals surface area contributed by atoms with Gasteiger partial charge in [0.1, 0.15) is 0 Å². The van der Waals surface area contributed by atoms with E-state index in [2.05, 4.69) is 5.32 Å². The lowest BCUT2D eigenvalue weighted by Crippen LogP contribution is -2.38. The molecule has 2 amide bonds. The Morgan fingerprint density at radius 3 is 2.57 bits per heavy atom. The van der Waals surface area contributed by atoms with E-state index in [9.17, 15) is 9.59 Å². The Morgan fingerprint density at radius 2 is 1.95 bits per heavy atom. The second-order valence-electron chi connectivity index (χ2n) is 5.31. The number of carbonyl (C=O) groups excluding carboxylic acids is 2. The maximum absolute atomic E-state index is 12.1. The van der Waals surface area contributed by atoms with Crippen LogP contribution in [0.25, 0.3) is 0 Å². The number of likely N-dealkylation sites (N-methyl/N-ethyl adjacent to an activating group) is 1. The zero-order chi connectivity index (χ0) is 15.7. The van der Waals surface area contributed by atoms with E-state index in [-0.39, 0.29) is 30.9 Å². The maximum Gasteiger partial charge on any atom is 0.254 e. The summed E-state index contributed by atoms with van der Waals surface area (Å²) in [5, 5.41) is 11.7. The van der Waals surface area contributed by atoms with Crippen molar-refractivity contribution in [2.24, 2.45) is 5.92 Å². The fourth-order valence-electron chi connectivity index (χ4n) is 1.91. The van der Waals surface area contributed by atoms with Gasteiger partial charge >= 0.3 is 0 Å². The standard InChI is InChI=1S/C16H24N2O3/c1-13(12-19)7-6-10-17-15(20)11-18(2)16(21)14-8-4-3-5-9-14/h3-5,8-9,13,19H,6-7,10-12H2,1-2H3,(H,17,20). The molecule has 1 rings (SSSR count). The van der Waals surface area contributed by atoms with Gasteiger partial charge in [-0.25, -0.2) is 0 Å². The van der Waals surface area contributed by atoms with Gasteiger partial charge in [0, 0.05) is 25.8 Å². The smallest absolute Gasteiger partial charge is 0.254 e. The molecule has 0 aliphatic heterocycles. The first-order valence-corrected chi connectivity index (χ1v) is 7.22. The van der Waals surface area contributed by atoms with Crippen molar-refractivity contribution in [2.75, 3.05) is 26.7 Å². The van der Waals surface area contributed by atoms with Crippen molar-refractivity contribution in [1.29, 1.82) is 0 Å². The first-order chi connectivity index (χ1) is 10.0. The summed E-state index contributed by atoms with van der Waals surface area (Å²) in [7, 11) is 1.61. The number of rotatable bonds is 8. The van der Waals surface area contributed by atoms with Crippen molar-refractivity contribution in [3.05, 3.63) is 35.9 Å². The van der Waals surface area contributed by atoms with Crippen LogP contribution in [0.3, 0.4) is 0 Å². The van der Waals surface area contributed by atoms with E-state index < -0.39 is 0 Å². The van der Waals surface area contributed by atoms with Gasteiger partial charge in [0.05, 0.1) is 6.54 Å². The molecule has 5 heteroatoms. The Morgan fingerprint density at radius 1 is 1.29 bits per heavy atom. The van der Waals surface area contributed by atoms with Crippen LogP contribution in [-0.2, 0) is 4.79 Å².